The summed E-state index contributed by atoms with van der Waals surface area (Å²) in [5.74, 6) is 0.574. The van der Waals surface area contributed by atoms with Crippen LogP contribution in [0.15, 0.2) is 54.6 Å². The maximum Gasteiger partial charge on any atom is 0.00415 e. The van der Waals surface area contributed by atoms with E-state index in [4.69, 9.17) is 0 Å². The average molecular weight is 239 g/mol. The number of hydrogen-bond donors (Lipinski definition) is 0. The van der Waals surface area contributed by atoms with E-state index >= 15 is 0 Å². The van der Waals surface area contributed by atoms with Crippen molar-refractivity contribution in [1.82, 2.24) is 4.90 Å². The second-order valence-corrected chi connectivity index (χ2v) is 5.15. The summed E-state index contributed by atoms with van der Waals surface area (Å²) < 4.78 is 0. The predicted molar refractivity (Wildman–Crippen MR) is 78.8 cm³/mol. The summed E-state index contributed by atoms with van der Waals surface area (Å²) in [5, 5.41) is 0. The molecule has 0 aliphatic rings. The van der Waals surface area contributed by atoms with Crippen LogP contribution in [0.1, 0.15) is 18.4 Å². The van der Waals surface area contributed by atoms with Gasteiger partial charge in [0.2, 0.25) is 0 Å². The quantitative estimate of drug-likeness (QED) is 0.779. The second-order valence-electron chi connectivity index (χ2n) is 5.15. The molecule has 0 bridgehead atoms. The maximum absolute atomic E-state index is 2.28. The highest BCUT2D eigenvalue weighted by atomic mass is 15.1. The monoisotopic (exact) mass is 239 g/mol. The van der Waals surface area contributed by atoms with Crippen molar-refractivity contribution >= 4 is 0 Å². The molecule has 0 aromatic heterocycles. The summed E-state index contributed by atoms with van der Waals surface area (Å²) in [4.78, 5) is 2.23. The summed E-state index contributed by atoms with van der Waals surface area (Å²) >= 11 is 0. The molecule has 2 aromatic carbocycles. The molecule has 0 heterocycles. The zero-order chi connectivity index (χ0) is 13.0. The molecular formula is C17H21N. The first-order valence-electron chi connectivity index (χ1n) is 6.47. The van der Waals surface area contributed by atoms with Gasteiger partial charge >= 0.3 is 0 Å². The van der Waals surface area contributed by atoms with Crippen LogP contribution in [0.5, 0.6) is 0 Å². The zero-order valence-corrected chi connectivity index (χ0v) is 11.4. The van der Waals surface area contributed by atoms with E-state index in [0.717, 1.165) is 6.54 Å². The van der Waals surface area contributed by atoms with Crippen LogP contribution in [-0.2, 0) is 0 Å². The smallest absolute Gasteiger partial charge is 0.00415 e. The molecule has 0 amide bonds. The van der Waals surface area contributed by atoms with E-state index in [9.17, 15) is 0 Å². The van der Waals surface area contributed by atoms with Gasteiger partial charge in [0.25, 0.3) is 0 Å². The van der Waals surface area contributed by atoms with Gasteiger partial charge in [-0.1, -0.05) is 61.5 Å². The second kappa shape index (κ2) is 5.83. The van der Waals surface area contributed by atoms with Crippen LogP contribution in [0.3, 0.4) is 0 Å². The molecule has 0 saturated heterocycles. The van der Waals surface area contributed by atoms with Crippen molar-refractivity contribution in [3.8, 4) is 11.1 Å². The minimum absolute atomic E-state index is 0.574. The van der Waals surface area contributed by atoms with Crippen molar-refractivity contribution in [2.24, 2.45) is 0 Å². The van der Waals surface area contributed by atoms with Crippen LogP contribution in [-0.4, -0.2) is 25.5 Å². The lowest BCUT2D eigenvalue weighted by Crippen LogP contribution is -2.18. The molecule has 1 heteroatoms. The number of benzene rings is 2. The first kappa shape index (κ1) is 12.8. The molecule has 2 rings (SSSR count). The molecule has 0 aliphatic heterocycles. The molecule has 0 fully saturated rings. The fourth-order valence-corrected chi connectivity index (χ4v) is 2.29. The fourth-order valence-electron chi connectivity index (χ4n) is 2.29. The Kier molecular flexibility index (Phi) is 4.16. The first-order chi connectivity index (χ1) is 8.66. The number of nitrogens with zero attached hydrogens (tertiary/aromatic N) is 1. The maximum atomic E-state index is 2.28. The normalized spacial score (nSPS) is 12.7. The summed E-state index contributed by atoms with van der Waals surface area (Å²) in [5.41, 5.74) is 3.98. The molecule has 1 nitrogen and oxygen atoms in total. The summed E-state index contributed by atoms with van der Waals surface area (Å²) in [6.45, 7) is 3.36. The van der Waals surface area contributed by atoms with Crippen LogP contribution in [0.4, 0.5) is 0 Å². The van der Waals surface area contributed by atoms with Gasteiger partial charge in [0, 0.05) is 6.54 Å². The van der Waals surface area contributed by atoms with Crippen LogP contribution < -0.4 is 0 Å². The van der Waals surface area contributed by atoms with E-state index in [2.05, 4.69) is 80.5 Å². The van der Waals surface area contributed by atoms with Crippen LogP contribution in [0, 0.1) is 0 Å². The van der Waals surface area contributed by atoms with E-state index in [0.29, 0.717) is 5.92 Å². The SMILES string of the molecule is C[C@@H](CN(C)C)c1ccc(-c2ccccc2)cc1. The number of hydrogen-bond acceptors (Lipinski definition) is 1. The Balaban J connectivity index is 2.15. The zero-order valence-electron chi connectivity index (χ0n) is 11.4. The van der Waals surface area contributed by atoms with E-state index in [1.807, 2.05) is 0 Å². The van der Waals surface area contributed by atoms with Crippen molar-refractivity contribution in [1.29, 1.82) is 0 Å². The molecule has 0 radical (unpaired) electrons. The fraction of sp³-hybridized carbons (Fsp3) is 0.294. The summed E-state index contributed by atoms with van der Waals surface area (Å²) in [7, 11) is 4.24. The van der Waals surface area contributed by atoms with Gasteiger partial charge in [-0.2, -0.15) is 0 Å². The molecule has 0 saturated carbocycles. The van der Waals surface area contributed by atoms with E-state index in [1.165, 1.54) is 16.7 Å². The highest BCUT2D eigenvalue weighted by Gasteiger charge is 2.06. The largest absolute Gasteiger partial charge is 0.309 e. The highest BCUT2D eigenvalue weighted by Crippen LogP contribution is 2.22. The van der Waals surface area contributed by atoms with Gasteiger partial charge in [-0.05, 0) is 36.7 Å². The van der Waals surface area contributed by atoms with Crippen molar-refractivity contribution in [2.45, 2.75) is 12.8 Å². The Morgan fingerprint density at radius 3 is 1.94 bits per heavy atom. The van der Waals surface area contributed by atoms with E-state index in [-0.39, 0.29) is 0 Å². The Morgan fingerprint density at radius 2 is 1.39 bits per heavy atom. The first-order valence-corrected chi connectivity index (χ1v) is 6.47. The molecule has 0 aliphatic carbocycles. The topological polar surface area (TPSA) is 3.24 Å². The molecule has 2 aromatic rings. The molecule has 0 spiro atoms. The molecule has 18 heavy (non-hydrogen) atoms. The van der Waals surface area contributed by atoms with Gasteiger partial charge < -0.3 is 4.90 Å². The standard InChI is InChI=1S/C17H21N/c1-14(13-18(2)3)15-9-11-17(12-10-15)16-7-5-4-6-8-16/h4-12,14H,13H2,1-3H3/t14-/m0/s1. The Hall–Kier alpha value is -1.60. The van der Waals surface area contributed by atoms with Crippen molar-refractivity contribution < 1.29 is 0 Å². The van der Waals surface area contributed by atoms with Crippen LogP contribution in [0.2, 0.25) is 0 Å². The van der Waals surface area contributed by atoms with Gasteiger partial charge in [-0.15, -0.1) is 0 Å². The summed E-state index contributed by atoms with van der Waals surface area (Å²) in [6, 6.07) is 19.4. The molecule has 0 N–H and O–H groups in total. The van der Waals surface area contributed by atoms with Gasteiger partial charge in [-0.3, -0.25) is 0 Å². The third-order valence-electron chi connectivity index (χ3n) is 3.23. The van der Waals surface area contributed by atoms with Gasteiger partial charge in [0.05, 0.1) is 0 Å². The van der Waals surface area contributed by atoms with Gasteiger partial charge in [0.1, 0.15) is 0 Å². The Labute approximate surface area is 110 Å². The average Bonchev–Trinajstić information content (AvgIpc) is 2.39. The van der Waals surface area contributed by atoms with Gasteiger partial charge in [0.15, 0.2) is 0 Å². The van der Waals surface area contributed by atoms with Crippen LogP contribution in [0.25, 0.3) is 11.1 Å². The Bertz CT molecular complexity index is 471. The molecule has 94 valence electrons. The molecule has 1 atom stereocenters. The highest BCUT2D eigenvalue weighted by molar-refractivity contribution is 5.63. The minimum atomic E-state index is 0.574. The summed E-state index contributed by atoms with van der Waals surface area (Å²) in [6.07, 6.45) is 0. The minimum Gasteiger partial charge on any atom is -0.309 e. The van der Waals surface area contributed by atoms with E-state index < -0.39 is 0 Å². The number of likely N-dealkylation sites (N-methyl/N-ethyl adjacent to an activating group) is 1. The number of rotatable bonds is 4. The third kappa shape index (κ3) is 3.21. The van der Waals surface area contributed by atoms with Gasteiger partial charge in [-0.25, -0.2) is 0 Å². The Morgan fingerprint density at radius 1 is 0.833 bits per heavy atom. The van der Waals surface area contributed by atoms with Crippen molar-refractivity contribution in [3.63, 3.8) is 0 Å². The van der Waals surface area contributed by atoms with Crippen molar-refractivity contribution in [3.05, 3.63) is 60.2 Å². The molecular weight excluding hydrogens is 218 g/mol. The van der Waals surface area contributed by atoms with E-state index in [1.54, 1.807) is 0 Å². The molecule has 0 unspecified atom stereocenters. The lowest BCUT2D eigenvalue weighted by atomic mass is 9.97. The third-order valence-corrected chi connectivity index (χ3v) is 3.23. The predicted octanol–water partition coefficient (Wildman–Crippen LogP) is 4.02. The van der Waals surface area contributed by atoms with Crippen LogP contribution >= 0.6 is 0 Å². The lowest BCUT2D eigenvalue weighted by Gasteiger charge is -2.17. The van der Waals surface area contributed by atoms with Crippen molar-refractivity contribution in [2.75, 3.05) is 20.6 Å². The lowest BCUT2D eigenvalue weighted by molar-refractivity contribution is 0.383.